The van der Waals surface area contributed by atoms with Crippen LogP contribution in [0.4, 0.5) is 0 Å². The van der Waals surface area contributed by atoms with Gasteiger partial charge in [0.15, 0.2) is 0 Å². The molecule has 19 heavy (non-hydrogen) atoms. The van der Waals surface area contributed by atoms with Crippen molar-refractivity contribution >= 4 is 11.3 Å². The first-order chi connectivity index (χ1) is 9.26. The standard InChI is InChI=1S/C17H29NS/c1-4-10-18-17(16-12-19-11-13(16)3)15-8-6-14(5-2)7-9-15/h11-12,14-15,17-18H,4-10H2,1-3H3. The van der Waals surface area contributed by atoms with E-state index >= 15 is 0 Å². The average Bonchev–Trinajstić information content (AvgIpc) is 2.86. The fourth-order valence-electron chi connectivity index (χ4n) is 3.45. The van der Waals surface area contributed by atoms with Gasteiger partial charge in [-0.05, 0) is 66.5 Å². The normalized spacial score (nSPS) is 25.4. The van der Waals surface area contributed by atoms with E-state index < -0.39 is 0 Å². The Labute approximate surface area is 122 Å². The van der Waals surface area contributed by atoms with Crippen molar-refractivity contribution in [3.8, 4) is 0 Å². The third-order valence-corrected chi connectivity index (χ3v) is 5.66. The van der Waals surface area contributed by atoms with Gasteiger partial charge in [-0.15, -0.1) is 0 Å². The molecule has 1 atom stereocenters. The van der Waals surface area contributed by atoms with Crippen molar-refractivity contribution in [2.75, 3.05) is 6.54 Å². The van der Waals surface area contributed by atoms with Gasteiger partial charge in [-0.2, -0.15) is 11.3 Å². The van der Waals surface area contributed by atoms with E-state index in [2.05, 4.69) is 36.8 Å². The quantitative estimate of drug-likeness (QED) is 0.743. The molecule has 0 saturated heterocycles. The second kappa shape index (κ2) is 7.44. The molecule has 2 rings (SSSR count). The summed E-state index contributed by atoms with van der Waals surface area (Å²) in [6.07, 6.45) is 8.30. The third kappa shape index (κ3) is 3.82. The molecule has 1 aromatic heterocycles. The Morgan fingerprint density at radius 2 is 1.95 bits per heavy atom. The summed E-state index contributed by atoms with van der Waals surface area (Å²) in [5, 5.41) is 8.49. The Morgan fingerprint density at radius 3 is 2.47 bits per heavy atom. The van der Waals surface area contributed by atoms with Crippen LogP contribution >= 0.6 is 11.3 Å². The highest BCUT2D eigenvalue weighted by molar-refractivity contribution is 7.08. The molecule has 1 N–H and O–H groups in total. The van der Waals surface area contributed by atoms with E-state index in [4.69, 9.17) is 0 Å². The summed E-state index contributed by atoms with van der Waals surface area (Å²) in [5.41, 5.74) is 3.05. The summed E-state index contributed by atoms with van der Waals surface area (Å²) in [5.74, 6) is 1.84. The topological polar surface area (TPSA) is 12.0 Å². The highest BCUT2D eigenvalue weighted by Gasteiger charge is 2.28. The van der Waals surface area contributed by atoms with Crippen LogP contribution in [0.2, 0.25) is 0 Å². The third-order valence-electron chi connectivity index (χ3n) is 4.78. The predicted octanol–water partition coefficient (Wildman–Crippen LogP) is 5.31. The molecule has 0 bridgehead atoms. The second-order valence-corrected chi connectivity index (χ2v) is 6.87. The largest absolute Gasteiger partial charge is 0.310 e. The lowest BCUT2D eigenvalue weighted by molar-refractivity contribution is 0.218. The van der Waals surface area contributed by atoms with Crippen LogP contribution in [-0.4, -0.2) is 6.54 Å². The Hall–Kier alpha value is -0.340. The number of rotatable bonds is 6. The fourth-order valence-corrected chi connectivity index (χ4v) is 4.34. The van der Waals surface area contributed by atoms with E-state index in [-0.39, 0.29) is 0 Å². The Kier molecular flexibility index (Phi) is 5.90. The van der Waals surface area contributed by atoms with Crippen molar-refractivity contribution in [3.63, 3.8) is 0 Å². The van der Waals surface area contributed by atoms with Gasteiger partial charge < -0.3 is 5.32 Å². The van der Waals surface area contributed by atoms with Crippen molar-refractivity contribution in [3.05, 3.63) is 21.9 Å². The fraction of sp³-hybridized carbons (Fsp3) is 0.765. The molecular formula is C17H29NS. The SMILES string of the molecule is CCCNC(c1cscc1C)C1CCC(CC)CC1. The summed E-state index contributed by atoms with van der Waals surface area (Å²) in [6, 6.07) is 0.601. The van der Waals surface area contributed by atoms with Gasteiger partial charge in [-0.1, -0.05) is 33.1 Å². The van der Waals surface area contributed by atoms with Crippen LogP contribution in [0.3, 0.4) is 0 Å². The van der Waals surface area contributed by atoms with Gasteiger partial charge in [0.2, 0.25) is 0 Å². The maximum Gasteiger partial charge on any atom is 0.0359 e. The molecule has 1 heterocycles. The molecule has 2 heteroatoms. The average molecular weight is 279 g/mol. The molecule has 1 aliphatic rings. The van der Waals surface area contributed by atoms with E-state index in [0.29, 0.717) is 6.04 Å². The van der Waals surface area contributed by atoms with Crippen LogP contribution in [-0.2, 0) is 0 Å². The number of hydrogen-bond donors (Lipinski definition) is 1. The van der Waals surface area contributed by atoms with E-state index in [0.717, 1.165) is 18.4 Å². The molecule has 1 unspecified atom stereocenters. The van der Waals surface area contributed by atoms with E-state index in [1.807, 2.05) is 11.3 Å². The maximum atomic E-state index is 3.82. The lowest BCUT2D eigenvalue weighted by Crippen LogP contribution is -2.31. The molecule has 1 aliphatic carbocycles. The summed E-state index contributed by atoms with van der Waals surface area (Å²) < 4.78 is 0. The molecule has 0 spiro atoms. The van der Waals surface area contributed by atoms with Crippen molar-refractivity contribution in [2.45, 2.75) is 65.3 Å². The minimum Gasteiger partial charge on any atom is -0.310 e. The molecule has 1 nitrogen and oxygen atoms in total. The number of thiophene rings is 1. The van der Waals surface area contributed by atoms with Crippen molar-refractivity contribution in [1.29, 1.82) is 0 Å². The zero-order valence-corrected chi connectivity index (χ0v) is 13.6. The predicted molar refractivity (Wildman–Crippen MR) is 85.8 cm³/mol. The minimum absolute atomic E-state index is 0.601. The number of hydrogen-bond acceptors (Lipinski definition) is 2. The monoisotopic (exact) mass is 279 g/mol. The Bertz CT molecular complexity index is 363. The van der Waals surface area contributed by atoms with E-state index in [9.17, 15) is 0 Å². The Balaban J connectivity index is 2.04. The number of aryl methyl sites for hydroxylation is 1. The van der Waals surface area contributed by atoms with Crippen molar-refractivity contribution in [2.24, 2.45) is 11.8 Å². The second-order valence-electron chi connectivity index (χ2n) is 6.13. The molecule has 1 fully saturated rings. The zero-order chi connectivity index (χ0) is 13.7. The highest BCUT2D eigenvalue weighted by atomic mass is 32.1. The smallest absolute Gasteiger partial charge is 0.0359 e. The molecule has 0 radical (unpaired) electrons. The lowest BCUT2D eigenvalue weighted by Gasteiger charge is -2.34. The van der Waals surface area contributed by atoms with Crippen LogP contribution in [0, 0.1) is 18.8 Å². The Morgan fingerprint density at radius 1 is 1.21 bits per heavy atom. The van der Waals surface area contributed by atoms with Gasteiger partial charge in [0, 0.05) is 6.04 Å². The molecular weight excluding hydrogens is 250 g/mol. The maximum absolute atomic E-state index is 3.82. The first kappa shape index (κ1) is 15.1. The molecule has 108 valence electrons. The van der Waals surface area contributed by atoms with E-state index in [1.54, 1.807) is 5.56 Å². The van der Waals surface area contributed by atoms with Crippen LogP contribution in [0.1, 0.15) is 69.5 Å². The molecule has 0 aromatic carbocycles. The molecule has 1 saturated carbocycles. The van der Waals surface area contributed by atoms with Crippen molar-refractivity contribution in [1.82, 2.24) is 5.32 Å². The van der Waals surface area contributed by atoms with Crippen LogP contribution in [0.25, 0.3) is 0 Å². The summed E-state index contributed by atoms with van der Waals surface area (Å²) in [7, 11) is 0. The summed E-state index contributed by atoms with van der Waals surface area (Å²) in [6.45, 7) is 8.02. The van der Waals surface area contributed by atoms with Crippen LogP contribution < -0.4 is 5.32 Å². The molecule has 0 amide bonds. The lowest BCUT2D eigenvalue weighted by atomic mass is 9.76. The minimum atomic E-state index is 0.601. The van der Waals surface area contributed by atoms with E-state index in [1.165, 1.54) is 44.1 Å². The first-order valence-electron chi connectivity index (χ1n) is 8.02. The van der Waals surface area contributed by atoms with Crippen LogP contribution in [0.5, 0.6) is 0 Å². The van der Waals surface area contributed by atoms with Gasteiger partial charge in [-0.3, -0.25) is 0 Å². The summed E-state index contributed by atoms with van der Waals surface area (Å²) in [4.78, 5) is 0. The molecule has 1 aromatic rings. The molecule has 0 aliphatic heterocycles. The number of nitrogens with one attached hydrogen (secondary N) is 1. The van der Waals surface area contributed by atoms with Crippen LogP contribution in [0.15, 0.2) is 10.8 Å². The van der Waals surface area contributed by atoms with Gasteiger partial charge >= 0.3 is 0 Å². The summed E-state index contributed by atoms with van der Waals surface area (Å²) >= 11 is 1.86. The van der Waals surface area contributed by atoms with Gasteiger partial charge in [-0.25, -0.2) is 0 Å². The van der Waals surface area contributed by atoms with Gasteiger partial charge in [0.1, 0.15) is 0 Å². The van der Waals surface area contributed by atoms with Gasteiger partial charge in [0.25, 0.3) is 0 Å². The zero-order valence-electron chi connectivity index (χ0n) is 12.7. The first-order valence-corrected chi connectivity index (χ1v) is 8.96. The van der Waals surface area contributed by atoms with Gasteiger partial charge in [0.05, 0.1) is 0 Å². The van der Waals surface area contributed by atoms with Crippen molar-refractivity contribution < 1.29 is 0 Å². The highest BCUT2D eigenvalue weighted by Crippen LogP contribution is 2.39.